The first-order chi connectivity index (χ1) is 14.0. The highest BCUT2D eigenvalue weighted by molar-refractivity contribution is 6.31. The van der Waals surface area contributed by atoms with E-state index in [4.69, 9.17) is 16.3 Å². The molecule has 2 aromatic rings. The number of aryl methyl sites for hydroxylation is 1. The highest BCUT2D eigenvalue weighted by Crippen LogP contribution is 2.20. The molecule has 2 amide bonds. The Morgan fingerprint density at radius 2 is 1.93 bits per heavy atom. The highest BCUT2D eigenvalue weighted by Gasteiger charge is 2.26. The summed E-state index contributed by atoms with van der Waals surface area (Å²) in [4.78, 5) is 27.2. The molecule has 0 heterocycles. The molecule has 0 radical (unpaired) electrons. The van der Waals surface area contributed by atoms with Gasteiger partial charge in [0.1, 0.15) is 11.8 Å². The van der Waals surface area contributed by atoms with Gasteiger partial charge in [-0.1, -0.05) is 48.9 Å². The number of hydrogen-bond donors (Lipinski definition) is 1. The molecule has 2 rings (SSSR count). The van der Waals surface area contributed by atoms with Gasteiger partial charge in [0.15, 0.2) is 0 Å². The van der Waals surface area contributed by atoms with Crippen molar-refractivity contribution < 1.29 is 14.3 Å². The number of nitrogens with one attached hydrogen (secondary N) is 1. The van der Waals surface area contributed by atoms with Crippen molar-refractivity contribution in [3.8, 4) is 5.75 Å². The van der Waals surface area contributed by atoms with Gasteiger partial charge in [-0.3, -0.25) is 9.59 Å². The molecule has 6 heteroatoms. The van der Waals surface area contributed by atoms with Crippen LogP contribution in [0.5, 0.6) is 5.75 Å². The van der Waals surface area contributed by atoms with Crippen LogP contribution >= 0.6 is 11.6 Å². The zero-order valence-electron chi connectivity index (χ0n) is 17.3. The van der Waals surface area contributed by atoms with Crippen molar-refractivity contribution in [3.05, 3.63) is 64.7 Å². The van der Waals surface area contributed by atoms with Crippen molar-refractivity contribution in [1.29, 1.82) is 0 Å². The van der Waals surface area contributed by atoms with E-state index in [0.29, 0.717) is 30.3 Å². The summed E-state index contributed by atoms with van der Waals surface area (Å²) in [6.45, 7) is 4.68. The average Bonchev–Trinajstić information content (AvgIpc) is 2.74. The van der Waals surface area contributed by atoms with Crippen molar-refractivity contribution in [3.63, 3.8) is 0 Å². The largest absolute Gasteiger partial charge is 0.497 e. The molecule has 0 spiro atoms. The van der Waals surface area contributed by atoms with Crippen molar-refractivity contribution in [2.45, 2.75) is 45.7 Å². The number of amides is 2. The fourth-order valence-electron chi connectivity index (χ4n) is 3.03. The van der Waals surface area contributed by atoms with Gasteiger partial charge >= 0.3 is 0 Å². The molecule has 1 unspecified atom stereocenters. The normalized spacial score (nSPS) is 11.6. The third kappa shape index (κ3) is 6.79. The lowest BCUT2D eigenvalue weighted by atomic mass is 10.1. The van der Waals surface area contributed by atoms with Gasteiger partial charge in [-0.05, 0) is 49.1 Å². The standard InChI is InChI=1S/C23H29ClN2O3/c1-4-14-25-23(28)17(2)26(16-18-8-7-10-20(15-18)29-3)22(27)13-12-19-9-5-6-11-21(19)24/h5-11,15,17H,4,12-14,16H2,1-3H3,(H,25,28). The molecule has 0 aromatic heterocycles. The van der Waals surface area contributed by atoms with E-state index < -0.39 is 6.04 Å². The lowest BCUT2D eigenvalue weighted by Gasteiger charge is -2.29. The maximum atomic E-state index is 13.1. The SMILES string of the molecule is CCCNC(=O)C(C)N(Cc1cccc(OC)c1)C(=O)CCc1ccccc1Cl. The minimum absolute atomic E-state index is 0.0908. The fourth-order valence-corrected chi connectivity index (χ4v) is 3.26. The van der Waals surface area contributed by atoms with E-state index in [2.05, 4.69) is 5.32 Å². The molecule has 0 saturated carbocycles. The maximum Gasteiger partial charge on any atom is 0.242 e. The Morgan fingerprint density at radius 3 is 2.62 bits per heavy atom. The van der Waals surface area contributed by atoms with E-state index >= 15 is 0 Å². The minimum atomic E-state index is -0.577. The topological polar surface area (TPSA) is 58.6 Å². The smallest absolute Gasteiger partial charge is 0.242 e. The Morgan fingerprint density at radius 1 is 1.17 bits per heavy atom. The van der Waals surface area contributed by atoms with E-state index in [0.717, 1.165) is 17.5 Å². The van der Waals surface area contributed by atoms with Gasteiger partial charge in [-0.25, -0.2) is 0 Å². The van der Waals surface area contributed by atoms with Gasteiger partial charge < -0.3 is 15.0 Å². The number of carbonyl (C=O) groups excluding carboxylic acids is 2. The molecular weight excluding hydrogens is 388 g/mol. The summed E-state index contributed by atoms with van der Waals surface area (Å²) in [5.74, 6) is 0.474. The van der Waals surface area contributed by atoms with Crippen LogP contribution in [0, 0.1) is 0 Å². The zero-order valence-corrected chi connectivity index (χ0v) is 18.0. The predicted octanol–water partition coefficient (Wildman–Crippen LogP) is 4.22. The molecular formula is C23H29ClN2O3. The van der Waals surface area contributed by atoms with Crippen molar-refractivity contribution in [2.24, 2.45) is 0 Å². The molecule has 0 aliphatic heterocycles. The molecule has 29 heavy (non-hydrogen) atoms. The van der Waals surface area contributed by atoms with Crippen LogP contribution in [-0.4, -0.2) is 36.4 Å². The third-order valence-corrected chi connectivity index (χ3v) is 5.14. The number of rotatable bonds is 10. The number of halogens is 1. The van der Waals surface area contributed by atoms with Crippen LogP contribution in [0.2, 0.25) is 5.02 Å². The molecule has 1 N–H and O–H groups in total. The summed E-state index contributed by atoms with van der Waals surface area (Å²) in [5, 5.41) is 3.53. The van der Waals surface area contributed by atoms with E-state index in [1.807, 2.05) is 55.5 Å². The summed E-state index contributed by atoms with van der Waals surface area (Å²) >= 11 is 6.22. The van der Waals surface area contributed by atoms with Crippen LogP contribution in [0.3, 0.4) is 0 Å². The number of methoxy groups -OCH3 is 1. The van der Waals surface area contributed by atoms with Gasteiger partial charge in [0.05, 0.1) is 7.11 Å². The second-order valence-corrected chi connectivity index (χ2v) is 7.34. The Balaban J connectivity index is 2.16. The minimum Gasteiger partial charge on any atom is -0.497 e. The van der Waals surface area contributed by atoms with E-state index in [-0.39, 0.29) is 18.2 Å². The monoisotopic (exact) mass is 416 g/mol. The average molecular weight is 417 g/mol. The number of nitrogens with zero attached hydrogens (tertiary/aromatic N) is 1. The number of benzene rings is 2. The highest BCUT2D eigenvalue weighted by atomic mass is 35.5. The second kappa shape index (κ2) is 11.5. The Bertz CT molecular complexity index is 825. The summed E-state index contributed by atoms with van der Waals surface area (Å²) in [6.07, 6.45) is 1.64. The van der Waals surface area contributed by atoms with Crippen LogP contribution in [0.25, 0.3) is 0 Å². The second-order valence-electron chi connectivity index (χ2n) is 6.93. The maximum absolute atomic E-state index is 13.1. The summed E-state index contributed by atoms with van der Waals surface area (Å²) in [7, 11) is 1.60. The molecule has 0 aliphatic rings. The first-order valence-corrected chi connectivity index (χ1v) is 10.3. The van der Waals surface area contributed by atoms with Gasteiger partial charge in [0, 0.05) is 24.5 Å². The molecule has 0 saturated heterocycles. The molecule has 2 aromatic carbocycles. The first kappa shape index (κ1) is 22.8. The summed E-state index contributed by atoms with van der Waals surface area (Å²) in [6, 6.07) is 14.5. The Kier molecular flexibility index (Phi) is 9.00. The van der Waals surface area contributed by atoms with E-state index in [1.54, 1.807) is 18.9 Å². The predicted molar refractivity (Wildman–Crippen MR) is 116 cm³/mol. The lowest BCUT2D eigenvalue weighted by molar-refractivity contribution is -0.140. The molecule has 0 fully saturated rings. The molecule has 156 valence electrons. The molecule has 1 atom stereocenters. The lowest BCUT2D eigenvalue weighted by Crippen LogP contribution is -2.47. The number of ether oxygens (including phenoxy) is 1. The third-order valence-electron chi connectivity index (χ3n) is 4.77. The quantitative estimate of drug-likeness (QED) is 0.630. The van der Waals surface area contributed by atoms with Gasteiger partial charge in [0.25, 0.3) is 0 Å². The first-order valence-electron chi connectivity index (χ1n) is 9.89. The molecule has 5 nitrogen and oxygen atoms in total. The van der Waals surface area contributed by atoms with Crippen LogP contribution in [0.4, 0.5) is 0 Å². The number of carbonyl (C=O) groups is 2. The zero-order chi connectivity index (χ0) is 21.2. The Labute approximate surface area is 178 Å². The van der Waals surface area contributed by atoms with Crippen LogP contribution in [0.1, 0.15) is 37.8 Å². The Hall–Kier alpha value is -2.53. The number of hydrogen-bond acceptors (Lipinski definition) is 3. The molecule has 0 bridgehead atoms. The summed E-state index contributed by atoms with van der Waals surface area (Å²) < 4.78 is 5.28. The van der Waals surface area contributed by atoms with E-state index in [9.17, 15) is 9.59 Å². The van der Waals surface area contributed by atoms with Crippen molar-refractivity contribution in [1.82, 2.24) is 10.2 Å². The van der Waals surface area contributed by atoms with Crippen molar-refractivity contribution >= 4 is 23.4 Å². The van der Waals surface area contributed by atoms with Crippen LogP contribution in [0.15, 0.2) is 48.5 Å². The molecule has 0 aliphatic carbocycles. The fraction of sp³-hybridized carbons (Fsp3) is 0.391. The van der Waals surface area contributed by atoms with Crippen LogP contribution in [-0.2, 0) is 22.6 Å². The van der Waals surface area contributed by atoms with Gasteiger partial charge in [-0.15, -0.1) is 0 Å². The summed E-state index contributed by atoms with van der Waals surface area (Å²) in [5.41, 5.74) is 1.83. The van der Waals surface area contributed by atoms with Crippen LogP contribution < -0.4 is 10.1 Å². The van der Waals surface area contributed by atoms with Gasteiger partial charge in [0.2, 0.25) is 11.8 Å². The van der Waals surface area contributed by atoms with Crippen molar-refractivity contribution in [2.75, 3.05) is 13.7 Å². The van der Waals surface area contributed by atoms with E-state index in [1.165, 1.54) is 0 Å². The van der Waals surface area contributed by atoms with Gasteiger partial charge in [-0.2, -0.15) is 0 Å².